The van der Waals surface area contributed by atoms with Crippen LogP contribution >= 0.6 is 0 Å². The predicted octanol–water partition coefficient (Wildman–Crippen LogP) is 3.00. The number of hydrazone groups is 1. The smallest absolute Gasteiger partial charge is 0.337 e. The van der Waals surface area contributed by atoms with Crippen LogP contribution in [0.5, 0.6) is 0 Å². The van der Waals surface area contributed by atoms with Gasteiger partial charge in [-0.2, -0.15) is 10.2 Å². The normalized spacial score (nSPS) is 18.3. The van der Waals surface area contributed by atoms with Gasteiger partial charge in [0.2, 0.25) is 5.95 Å². The molecule has 2 amide bonds. The lowest BCUT2D eigenvalue weighted by Crippen LogP contribution is -2.52. The number of halogens is 1. The van der Waals surface area contributed by atoms with E-state index in [4.69, 9.17) is 0 Å². The van der Waals surface area contributed by atoms with Gasteiger partial charge in [-0.3, -0.25) is 4.68 Å². The fraction of sp³-hybridized carbons (Fsp3) is 0.348. The van der Waals surface area contributed by atoms with Crippen LogP contribution in [0, 0.1) is 12.7 Å². The first kappa shape index (κ1) is 21.0. The van der Waals surface area contributed by atoms with Gasteiger partial charge in [-0.05, 0) is 18.6 Å². The molecular formula is C23H25FN8O. The maximum absolute atomic E-state index is 14.5. The Kier molecular flexibility index (Phi) is 5.49. The molecule has 1 fully saturated rings. The van der Waals surface area contributed by atoms with Crippen LogP contribution in [0.4, 0.5) is 15.1 Å². The van der Waals surface area contributed by atoms with Gasteiger partial charge in [0.15, 0.2) is 5.82 Å². The molecule has 1 aromatic carbocycles. The third-order valence-corrected chi connectivity index (χ3v) is 6.02. The van der Waals surface area contributed by atoms with Crippen molar-refractivity contribution >= 4 is 18.2 Å². The van der Waals surface area contributed by atoms with Crippen LogP contribution < -0.4 is 4.90 Å². The Morgan fingerprint density at radius 1 is 1.12 bits per heavy atom. The lowest BCUT2D eigenvalue weighted by molar-refractivity contribution is 0.139. The summed E-state index contributed by atoms with van der Waals surface area (Å²) >= 11 is 0. The second-order valence-electron chi connectivity index (χ2n) is 8.22. The molecule has 1 saturated heterocycles. The predicted molar refractivity (Wildman–Crippen MR) is 122 cm³/mol. The van der Waals surface area contributed by atoms with E-state index in [1.807, 2.05) is 42.2 Å². The molecule has 0 N–H and O–H groups in total. The van der Waals surface area contributed by atoms with Crippen molar-refractivity contribution in [3.8, 4) is 11.4 Å². The Morgan fingerprint density at radius 2 is 1.88 bits per heavy atom. The van der Waals surface area contributed by atoms with Gasteiger partial charge in [0.05, 0.1) is 23.6 Å². The Balaban J connectivity index is 1.28. The van der Waals surface area contributed by atoms with E-state index in [-0.39, 0.29) is 17.8 Å². The number of rotatable bonds is 3. The molecule has 0 aliphatic carbocycles. The molecule has 170 valence electrons. The fourth-order valence-corrected chi connectivity index (χ4v) is 4.32. The largest absolute Gasteiger partial charge is 0.341 e. The highest BCUT2D eigenvalue weighted by Crippen LogP contribution is 2.29. The minimum Gasteiger partial charge on any atom is -0.337 e. The highest BCUT2D eigenvalue weighted by molar-refractivity contribution is 5.78. The molecule has 1 atom stereocenters. The van der Waals surface area contributed by atoms with E-state index in [1.165, 1.54) is 6.20 Å². The molecule has 2 aliphatic heterocycles. The number of benzene rings is 1. The molecule has 1 unspecified atom stereocenters. The molecule has 2 aromatic heterocycles. The molecule has 4 heterocycles. The van der Waals surface area contributed by atoms with Gasteiger partial charge >= 0.3 is 6.03 Å². The van der Waals surface area contributed by atoms with Crippen molar-refractivity contribution in [1.29, 1.82) is 0 Å². The number of nitrogens with zero attached hydrogens (tertiary/aromatic N) is 8. The highest BCUT2D eigenvalue weighted by atomic mass is 19.1. The highest BCUT2D eigenvalue weighted by Gasteiger charge is 2.33. The van der Waals surface area contributed by atoms with Crippen molar-refractivity contribution in [3.63, 3.8) is 0 Å². The summed E-state index contributed by atoms with van der Waals surface area (Å²) in [6.07, 6.45) is 3.69. The minimum atomic E-state index is -0.491. The monoisotopic (exact) mass is 448 g/mol. The average molecular weight is 449 g/mol. The maximum Gasteiger partial charge on any atom is 0.341 e. The summed E-state index contributed by atoms with van der Waals surface area (Å²) in [7, 11) is 1.76. The summed E-state index contributed by atoms with van der Waals surface area (Å²) in [6, 6.07) is 11.5. The summed E-state index contributed by atoms with van der Waals surface area (Å²) < 4.78 is 16.1. The van der Waals surface area contributed by atoms with Gasteiger partial charge in [-0.25, -0.2) is 24.2 Å². The zero-order chi connectivity index (χ0) is 22.9. The van der Waals surface area contributed by atoms with Crippen molar-refractivity contribution < 1.29 is 9.18 Å². The Labute approximate surface area is 191 Å². The molecule has 0 bridgehead atoms. The maximum atomic E-state index is 14.5. The molecule has 3 aromatic rings. The van der Waals surface area contributed by atoms with Gasteiger partial charge in [0.1, 0.15) is 5.69 Å². The van der Waals surface area contributed by atoms with Crippen LogP contribution in [-0.2, 0) is 7.05 Å². The average Bonchev–Trinajstić information content (AvgIpc) is 3.46. The SMILES string of the molecule is Cc1cc(-c2nc(N3CCN(C(=O)N4N=CCC4c4ccccc4)CC3)ncc2F)n(C)n1. The molecule has 0 saturated carbocycles. The number of hydrogen-bond donors (Lipinski definition) is 0. The minimum absolute atomic E-state index is 0.0814. The van der Waals surface area contributed by atoms with E-state index in [2.05, 4.69) is 20.2 Å². The summed E-state index contributed by atoms with van der Waals surface area (Å²) in [5.41, 5.74) is 2.68. The quantitative estimate of drug-likeness (QED) is 0.615. The second-order valence-corrected chi connectivity index (χ2v) is 8.22. The first-order valence-electron chi connectivity index (χ1n) is 11.0. The van der Waals surface area contributed by atoms with Gasteiger partial charge in [-0.15, -0.1) is 0 Å². The topological polar surface area (TPSA) is 82.8 Å². The van der Waals surface area contributed by atoms with Gasteiger partial charge in [0, 0.05) is 45.9 Å². The van der Waals surface area contributed by atoms with Gasteiger partial charge < -0.3 is 9.80 Å². The lowest BCUT2D eigenvalue weighted by Gasteiger charge is -2.37. The number of amides is 2. The van der Waals surface area contributed by atoms with Crippen LogP contribution in [-0.4, -0.2) is 68.1 Å². The number of carbonyl (C=O) groups is 1. The molecule has 0 radical (unpaired) electrons. The van der Waals surface area contributed by atoms with E-state index in [0.29, 0.717) is 44.2 Å². The van der Waals surface area contributed by atoms with Gasteiger partial charge in [0.25, 0.3) is 0 Å². The summed E-state index contributed by atoms with van der Waals surface area (Å²) in [4.78, 5) is 25.6. The number of carbonyl (C=O) groups excluding carboxylic acids is 1. The molecule has 10 heteroatoms. The number of urea groups is 1. The van der Waals surface area contributed by atoms with Crippen molar-refractivity contribution in [3.05, 3.63) is 59.7 Å². The number of piperazine rings is 1. The van der Waals surface area contributed by atoms with E-state index in [1.54, 1.807) is 33.9 Å². The van der Waals surface area contributed by atoms with Crippen LogP contribution in [0.2, 0.25) is 0 Å². The van der Waals surface area contributed by atoms with E-state index >= 15 is 0 Å². The molecular weight excluding hydrogens is 423 g/mol. The van der Waals surface area contributed by atoms with E-state index in [0.717, 1.165) is 11.3 Å². The Morgan fingerprint density at radius 3 is 2.58 bits per heavy atom. The number of aromatic nitrogens is 4. The number of aryl methyl sites for hydroxylation is 2. The fourth-order valence-electron chi connectivity index (χ4n) is 4.32. The molecule has 0 spiro atoms. The number of hydrogen-bond acceptors (Lipinski definition) is 6. The summed E-state index contributed by atoms with van der Waals surface area (Å²) in [5, 5.41) is 10.2. The summed E-state index contributed by atoms with van der Waals surface area (Å²) in [5.74, 6) is -0.0480. The Hall–Kier alpha value is -3.82. The van der Waals surface area contributed by atoms with Crippen molar-refractivity contribution in [2.75, 3.05) is 31.1 Å². The van der Waals surface area contributed by atoms with Crippen LogP contribution in [0.1, 0.15) is 23.7 Å². The molecule has 5 rings (SSSR count). The van der Waals surface area contributed by atoms with Crippen LogP contribution in [0.25, 0.3) is 11.4 Å². The van der Waals surface area contributed by atoms with E-state index < -0.39 is 5.82 Å². The van der Waals surface area contributed by atoms with Crippen LogP contribution in [0.3, 0.4) is 0 Å². The molecule has 9 nitrogen and oxygen atoms in total. The lowest BCUT2D eigenvalue weighted by atomic mass is 10.1. The Bertz CT molecular complexity index is 1190. The van der Waals surface area contributed by atoms with Crippen molar-refractivity contribution in [1.82, 2.24) is 29.7 Å². The van der Waals surface area contributed by atoms with Crippen molar-refractivity contribution in [2.24, 2.45) is 12.1 Å². The second kappa shape index (κ2) is 8.61. The first-order valence-corrected chi connectivity index (χ1v) is 11.0. The van der Waals surface area contributed by atoms with Gasteiger partial charge in [-0.1, -0.05) is 30.3 Å². The van der Waals surface area contributed by atoms with E-state index in [9.17, 15) is 9.18 Å². The molecule has 33 heavy (non-hydrogen) atoms. The first-order chi connectivity index (χ1) is 16.0. The third-order valence-electron chi connectivity index (χ3n) is 6.02. The zero-order valence-electron chi connectivity index (χ0n) is 18.6. The third kappa shape index (κ3) is 4.04. The standard InChI is InChI=1S/C23H25FN8O/c1-16-14-20(29(2)28-16)21-18(24)15-25-22(27-21)30-10-12-31(13-11-30)23(33)32-19(8-9-26-32)17-6-4-3-5-7-17/h3-7,9,14-15,19H,8,10-13H2,1-2H3. The zero-order valence-corrected chi connectivity index (χ0v) is 18.6. The summed E-state index contributed by atoms with van der Waals surface area (Å²) in [6.45, 7) is 3.97. The molecule has 2 aliphatic rings. The van der Waals surface area contributed by atoms with Crippen molar-refractivity contribution in [2.45, 2.75) is 19.4 Å². The van der Waals surface area contributed by atoms with Crippen LogP contribution in [0.15, 0.2) is 47.7 Å². The number of anilines is 1.